The fourth-order valence-corrected chi connectivity index (χ4v) is 4.50. The van der Waals surface area contributed by atoms with Crippen molar-refractivity contribution in [2.75, 3.05) is 12.4 Å². The first kappa shape index (κ1) is 20.1. The molecular formula is C22H25N3O2S. The summed E-state index contributed by atoms with van der Waals surface area (Å²) in [6.45, 7) is 7.99. The topological polar surface area (TPSA) is 61.8 Å². The number of carbonyl (C=O) groups is 2. The lowest BCUT2D eigenvalue weighted by Crippen LogP contribution is -2.30. The normalized spacial score (nSPS) is 18.0. The van der Waals surface area contributed by atoms with E-state index in [2.05, 4.69) is 10.3 Å². The molecule has 0 radical (unpaired) electrons. The van der Waals surface area contributed by atoms with Gasteiger partial charge in [0, 0.05) is 19.2 Å². The number of nitrogens with one attached hydrogen (secondary N) is 1. The number of nitrogens with zero attached hydrogens (tertiary/aromatic N) is 2. The molecule has 6 heteroatoms. The molecule has 0 bridgehead atoms. The van der Waals surface area contributed by atoms with Gasteiger partial charge in [0.05, 0.1) is 5.69 Å². The van der Waals surface area contributed by atoms with Crippen LogP contribution in [0.15, 0.2) is 41.4 Å². The summed E-state index contributed by atoms with van der Waals surface area (Å²) in [5, 5.41) is 3.14. The van der Waals surface area contributed by atoms with E-state index in [9.17, 15) is 9.59 Å². The summed E-state index contributed by atoms with van der Waals surface area (Å²) in [7, 11) is 1.70. The monoisotopic (exact) mass is 395 g/mol. The van der Waals surface area contributed by atoms with Crippen LogP contribution in [-0.4, -0.2) is 34.2 Å². The summed E-state index contributed by atoms with van der Waals surface area (Å²) in [6.07, 6.45) is 0.118. The Morgan fingerprint density at radius 1 is 1.11 bits per heavy atom. The van der Waals surface area contributed by atoms with Crippen LogP contribution in [0.5, 0.6) is 0 Å². The Bertz CT molecular complexity index is 945. The molecular weight excluding hydrogens is 370 g/mol. The maximum Gasteiger partial charge on any atom is 0.242 e. The van der Waals surface area contributed by atoms with E-state index in [0.29, 0.717) is 5.17 Å². The summed E-state index contributed by atoms with van der Waals surface area (Å²) in [4.78, 5) is 31.3. The van der Waals surface area contributed by atoms with Gasteiger partial charge in [0.1, 0.15) is 5.25 Å². The highest BCUT2D eigenvalue weighted by Gasteiger charge is 2.37. The van der Waals surface area contributed by atoms with Gasteiger partial charge in [-0.2, -0.15) is 0 Å². The van der Waals surface area contributed by atoms with E-state index in [1.807, 2.05) is 64.1 Å². The van der Waals surface area contributed by atoms with Crippen molar-refractivity contribution < 1.29 is 9.59 Å². The summed E-state index contributed by atoms with van der Waals surface area (Å²) < 4.78 is 0. The first-order valence-corrected chi connectivity index (χ1v) is 10.1. The maximum absolute atomic E-state index is 12.6. The van der Waals surface area contributed by atoms with Crippen LogP contribution in [-0.2, 0) is 9.59 Å². The van der Waals surface area contributed by atoms with Crippen molar-refractivity contribution in [2.45, 2.75) is 39.4 Å². The van der Waals surface area contributed by atoms with Crippen LogP contribution in [0.1, 0.15) is 28.7 Å². The third-order valence-electron chi connectivity index (χ3n) is 4.68. The van der Waals surface area contributed by atoms with Crippen molar-refractivity contribution in [1.82, 2.24) is 4.90 Å². The summed E-state index contributed by atoms with van der Waals surface area (Å²) in [5.74, 6) is -0.255. The third kappa shape index (κ3) is 4.44. The molecule has 28 heavy (non-hydrogen) atoms. The average Bonchev–Trinajstić information content (AvgIpc) is 2.86. The van der Waals surface area contributed by atoms with Crippen LogP contribution in [0.3, 0.4) is 0 Å². The van der Waals surface area contributed by atoms with E-state index in [0.717, 1.165) is 33.6 Å². The number of amides is 2. The minimum atomic E-state index is -0.459. The Morgan fingerprint density at radius 3 is 2.43 bits per heavy atom. The third-order valence-corrected chi connectivity index (χ3v) is 5.91. The highest BCUT2D eigenvalue weighted by molar-refractivity contribution is 8.15. The van der Waals surface area contributed by atoms with Gasteiger partial charge in [-0.05, 0) is 56.5 Å². The number of amidine groups is 1. The van der Waals surface area contributed by atoms with Gasteiger partial charge in [-0.3, -0.25) is 14.5 Å². The van der Waals surface area contributed by atoms with Gasteiger partial charge >= 0.3 is 0 Å². The quantitative estimate of drug-likeness (QED) is 0.828. The molecule has 0 aliphatic carbocycles. The molecule has 1 N–H and O–H groups in total. The van der Waals surface area contributed by atoms with Crippen LogP contribution >= 0.6 is 11.8 Å². The Labute approximate surface area is 170 Å². The lowest BCUT2D eigenvalue weighted by atomic mass is 10.0. The first-order chi connectivity index (χ1) is 13.2. The van der Waals surface area contributed by atoms with Crippen LogP contribution < -0.4 is 5.32 Å². The van der Waals surface area contributed by atoms with Crippen molar-refractivity contribution in [1.29, 1.82) is 0 Å². The van der Waals surface area contributed by atoms with Crippen LogP contribution in [0.2, 0.25) is 0 Å². The van der Waals surface area contributed by atoms with Gasteiger partial charge < -0.3 is 5.32 Å². The maximum atomic E-state index is 12.6. The minimum absolute atomic E-state index is 0.0936. The number of hydrogen-bond donors (Lipinski definition) is 1. The van der Waals surface area contributed by atoms with Crippen molar-refractivity contribution in [3.05, 3.63) is 58.7 Å². The molecule has 2 aromatic rings. The predicted octanol–water partition coefficient (Wildman–Crippen LogP) is 4.51. The predicted molar refractivity (Wildman–Crippen MR) is 116 cm³/mol. The zero-order valence-corrected chi connectivity index (χ0v) is 17.7. The van der Waals surface area contributed by atoms with Gasteiger partial charge in [-0.15, -0.1) is 0 Å². The number of carbonyl (C=O) groups excluding carboxylic acids is 2. The zero-order valence-electron chi connectivity index (χ0n) is 16.9. The van der Waals surface area contributed by atoms with E-state index in [1.165, 1.54) is 16.7 Å². The number of hydrogen-bond acceptors (Lipinski definition) is 4. The van der Waals surface area contributed by atoms with Gasteiger partial charge in [0.2, 0.25) is 11.8 Å². The Balaban J connectivity index is 1.71. The second-order valence-corrected chi connectivity index (χ2v) is 8.43. The van der Waals surface area contributed by atoms with E-state index in [1.54, 1.807) is 7.05 Å². The van der Waals surface area contributed by atoms with Gasteiger partial charge in [0.25, 0.3) is 0 Å². The van der Waals surface area contributed by atoms with E-state index in [4.69, 9.17) is 0 Å². The van der Waals surface area contributed by atoms with Crippen molar-refractivity contribution in [3.63, 3.8) is 0 Å². The summed E-state index contributed by atoms with van der Waals surface area (Å²) in [6, 6.07) is 11.9. The summed E-state index contributed by atoms with van der Waals surface area (Å²) in [5.41, 5.74) is 5.95. The Hall–Kier alpha value is -2.60. The molecule has 1 atom stereocenters. The molecule has 1 aliphatic heterocycles. The first-order valence-electron chi connectivity index (χ1n) is 9.22. The minimum Gasteiger partial charge on any atom is -0.326 e. The van der Waals surface area contributed by atoms with E-state index < -0.39 is 5.25 Å². The molecule has 1 aliphatic rings. The second kappa shape index (κ2) is 8.19. The molecule has 1 saturated heterocycles. The van der Waals surface area contributed by atoms with Gasteiger partial charge in [0.15, 0.2) is 5.17 Å². The highest BCUT2D eigenvalue weighted by atomic mass is 32.2. The molecule has 0 aromatic heterocycles. The lowest BCUT2D eigenvalue weighted by Gasteiger charge is -2.14. The molecule has 5 nitrogen and oxygen atoms in total. The number of thioether (sulfide) groups is 1. The molecule has 1 heterocycles. The highest BCUT2D eigenvalue weighted by Crippen LogP contribution is 2.31. The number of aliphatic imine (C=N–C) groups is 1. The van der Waals surface area contributed by atoms with Crippen LogP contribution in [0.25, 0.3) is 0 Å². The molecule has 0 spiro atoms. The molecule has 3 rings (SSSR count). The zero-order chi connectivity index (χ0) is 20.4. The van der Waals surface area contributed by atoms with Crippen molar-refractivity contribution in [2.24, 2.45) is 4.99 Å². The van der Waals surface area contributed by atoms with Crippen molar-refractivity contribution >= 4 is 40.1 Å². The number of rotatable bonds is 4. The molecule has 2 amide bonds. The Kier molecular flexibility index (Phi) is 5.89. The Morgan fingerprint density at radius 2 is 1.79 bits per heavy atom. The molecule has 2 aromatic carbocycles. The fourth-order valence-electron chi connectivity index (χ4n) is 3.34. The lowest BCUT2D eigenvalue weighted by molar-refractivity contribution is -0.127. The SMILES string of the molecule is Cc1cccc(N=C2SC(CC(=O)Nc3c(C)cc(C)cc3C)C(=O)N2C)c1. The molecule has 1 fully saturated rings. The molecule has 1 unspecified atom stereocenters. The van der Waals surface area contributed by atoms with Gasteiger partial charge in [-0.25, -0.2) is 4.99 Å². The van der Waals surface area contributed by atoms with Gasteiger partial charge in [-0.1, -0.05) is 41.6 Å². The number of anilines is 1. The summed E-state index contributed by atoms with van der Waals surface area (Å²) >= 11 is 1.34. The average molecular weight is 396 g/mol. The van der Waals surface area contributed by atoms with Crippen molar-refractivity contribution in [3.8, 4) is 0 Å². The van der Waals surface area contributed by atoms with E-state index >= 15 is 0 Å². The largest absolute Gasteiger partial charge is 0.326 e. The number of benzene rings is 2. The van der Waals surface area contributed by atoms with Crippen LogP contribution in [0.4, 0.5) is 11.4 Å². The molecule has 146 valence electrons. The molecule has 0 saturated carbocycles. The van der Waals surface area contributed by atoms with E-state index in [-0.39, 0.29) is 18.2 Å². The second-order valence-electron chi connectivity index (χ2n) is 7.26. The van der Waals surface area contributed by atoms with Crippen LogP contribution in [0, 0.1) is 27.7 Å². The number of aryl methyl sites for hydroxylation is 4. The fraction of sp³-hybridized carbons (Fsp3) is 0.318. The standard InChI is InChI=1S/C22H25N3O2S/c1-13-7-6-8-17(11-13)23-22-25(5)21(27)18(28-22)12-19(26)24-20-15(3)9-14(2)10-16(20)4/h6-11,18H,12H2,1-5H3,(H,24,26). The smallest absolute Gasteiger partial charge is 0.242 e.